The van der Waals surface area contributed by atoms with E-state index in [0.717, 1.165) is 16.7 Å². The summed E-state index contributed by atoms with van der Waals surface area (Å²) in [4.78, 5) is 35.9. The van der Waals surface area contributed by atoms with E-state index in [1.807, 2.05) is 26.0 Å². The van der Waals surface area contributed by atoms with Crippen molar-refractivity contribution < 1.29 is 19.1 Å². The molecule has 0 radical (unpaired) electrons. The van der Waals surface area contributed by atoms with Crippen LogP contribution in [0.3, 0.4) is 0 Å². The highest BCUT2D eigenvalue weighted by Crippen LogP contribution is 2.22. The maximum Gasteiger partial charge on any atom is 0.408 e. The molecule has 0 aliphatic heterocycles. The van der Waals surface area contributed by atoms with E-state index in [1.165, 1.54) is 6.92 Å². The number of aryl methyl sites for hydroxylation is 1. The third-order valence-corrected chi connectivity index (χ3v) is 4.27. The van der Waals surface area contributed by atoms with Gasteiger partial charge in [0.1, 0.15) is 11.4 Å². The van der Waals surface area contributed by atoms with Gasteiger partial charge in [0.2, 0.25) is 0 Å². The van der Waals surface area contributed by atoms with Crippen LogP contribution in [0.15, 0.2) is 12.1 Å². The van der Waals surface area contributed by atoms with E-state index in [1.54, 1.807) is 20.8 Å². The summed E-state index contributed by atoms with van der Waals surface area (Å²) < 4.78 is 5.16. The van der Waals surface area contributed by atoms with Crippen LogP contribution in [-0.4, -0.2) is 29.3 Å². The maximum atomic E-state index is 12.3. The molecule has 1 N–H and O–H groups in total. The summed E-state index contributed by atoms with van der Waals surface area (Å²) in [7, 11) is 0. The van der Waals surface area contributed by atoms with Crippen LogP contribution >= 0.6 is 11.6 Å². The summed E-state index contributed by atoms with van der Waals surface area (Å²) in [6.07, 6.45) is 0.0212. The van der Waals surface area contributed by atoms with Crippen molar-refractivity contribution in [3.8, 4) is 0 Å². The normalized spacial score (nSPS) is 12.4. The molecule has 0 aromatic heterocycles. The lowest BCUT2D eigenvalue weighted by Gasteiger charge is -2.22. The van der Waals surface area contributed by atoms with Crippen molar-refractivity contribution in [2.24, 2.45) is 0 Å². The van der Waals surface area contributed by atoms with Crippen LogP contribution in [-0.2, 0) is 20.7 Å². The van der Waals surface area contributed by atoms with E-state index in [-0.39, 0.29) is 30.8 Å². The third kappa shape index (κ3) is 7.56. The van der Waals surface area contributed by atoms with Gasteiger partial charge in [0.15, 0.2) is 5.78 Å². The van der Waals surface area contributed by atoms with Crippen molar-refractivity contribution in [2.45, 2.75) is 72.4 Å². The molecule has 0 unspecified atom stereocenters. The number of nitrogens with one attached hydrogen (secondary N) is 1. The van der Waals surface area contributed by atoms with Crippen molar-refractivity contribution in [2.75, 3.05) is 0 Å². The number of hydrogen-bond donors (Lipinski definition) is 1. The van der Waals surface area contributed by atoms with E-state index in [4.69, 9.17) is 16.3 Å². The highest BCUT2D eigenvalue weighted by molar-refractivity contribution is 6.31. The molecule has 26 heavy (non-hydrogen) atoms. The quantitative estimate of drug-likeness (QED) is 0.762. The lowest BCUT2D eigenvalue weighted by atomic mass is 9.97. The number of carbonyl (C=O) groups is 3. The van der Waals surface area contributed by atoms with E-state index < -0.39 is 17.7 Å². The topological polar surface area (TPSA) is 72.5 Å². The van der Waals surface area contributed by atoms with Crippen molar-refractivity contribution in [1.82, 2.24) is 5.32 Å². The van der Waals surface area contributed by atoms with Gasteiger partial charge in [-0.1, -0.05) is 17.7 Å². The molecule has 0 aliphatic carbocycles. The first kappa shape index (κ1) is 22.2. The predicted octanol–water partition coefficient (Wildman–Crippen LogP) is 4.33. The minimum absolute atomic E-state index is 0.00740. The number of benzene rings is 1. The first-order valence-corrected chi connectivity index (χ1v) is 9.04. The Labute approximate surface area is 160 Å². The maximum absolute atomic E-state index is 12.3. The van der Waals surface area contributed by atoms with Crippen LogP contribution in [0.25, 0.3) is 0 Å². The fourth-order valence-electron chi connectivity index (χ4n) is 2.50. The van der Waals surface area contributed by atoms with Crippen LogP contribution in [0.4, 0.5) is 4.79 Å². The highest BCUT2D eigenvalue weighted by atomic mass is 35.5. The van der Waals surface area contributed by atoms with Crippen molar-refractivity contribution in [3.05, 3.63) is 33.8 Å². The molecule has 5 nitrogen and oxygen atoms in total. The molecule has 0 spiro atoms. The number of alkyl carbamates (subject to hydrolysis) is 1. The van der Waals surface area contributed by atoms with Gasteiger partial charge in [-0.2, -0.15) is 0 Å². The third-order valence-electron chi connectivity index (χ3n) is 3.88. The van der Waals surface area contributed by atoms with E-state index in [9.17, 15) is 14.4 Å². The number of rotatable bonds is 7. The van der Waals surface area contributed by atoms with Crippen LogP contribution in [0.5, 0.6) is 0 Å². The number of Topliss-reactive ketones (excluding diaryl/α,β-unsaturated/α-hetero) is 2. The van der Waals surface area contributed by atoms with Gasteiger partial charge in [0.05, 0.1) is 6.04 Å². The van der Waals surface area contributed by atoms with Gasteiger partial charge in [-0.15, -0.1) is 0 Å². The second-order valence-electron chi connectivity index (χ2n) is 7.59. The Bertz CT molecular complexity index is 692. The Balaban J connectivity index is 2.65. The molecule has 0 aliphatic rings. The predicted molar refractivity (Wildman–Crippen MR) is 103 cm³/mol. The first-order chi connectivity index (χ1) is 11.9. The summed E-state index contributed by atoms with van der Waals surface area (Å²) in [6.45, 7) is 10.4. The molecule has 0 heterocycles. The van der Waals surface area contributed by atoms with E-state index in [0.29, 0.717) is 5.02 Å². The van der Waals surface area contributed by atoms with Gasteiger partial charge < -0.3 is 10.1 Å². The van der Waals surface area contributed by atoms with Gasteiger partial charge in [-0.05, 0) is 70.7 Å². The van der Waals surface area contributed by atoms with Crippen molar-refractivity contribution >= 4 is 29.3 Å². The zero-order valence-electron chi connectivity index (χ0n) is 16.4. The second kappa shape index (κ2) is 9.17. The smallest absolute Gasteiger partial charge is 0.408 e. The SMILES string of the molecule is CC(=O)[C@H](CCC(=O)Cc1cc(C)cc(Cl)c1C)NC(=O)OC(C)(C)C. The Morgan fingerprint density at radius 2 is 1.81 bits per heavy atom. The number of carbonyl (C=O) groups excluding carboxylic acids is 3. The Kier molecular flexibility index (Phi) is 7.82. The highest BCUT2D eigenvalue weighted by Gasteiger charge is 2.22. The largest absolute Gasteiger partial charge is 0.444 e. The zero-order valence-corrected chi connectivity index (χ0v) is 17.1. The fourth-order valence-corrected chi connectivity index (χ4v) is 2.80. The van der Waals surface area contributed by atoms with Gasteiger partial charge >= 0.3 is 6.09 Å². The van der Waals surface area contributed by atoms with E-state index in [2.05, 4.69) is 5.32 Å². The van der Waals surface area contributed by atoms with Crippen molar-refractivity contribution in [1.29, 1.82) is 0 Å². The van der Waals surface area contributed by atoms with Crippen LogP contribution < -0.4 is 5.32 Å². The summed E-state index contributed by atoms with van der Waals surface area (Å²) in [6, 6.07) is 3.07. The molecule has 6 heteroatoms. The molecular weight excluding hydrogens is 354 g/mol. The molecule has 0 saturated heterocycles. The molecule has 0 fully saturated rings. The minimum Gasteiger partial charge on any atom is -0.444 e. The Morgan fingerprint density at radius 1 is 1.19 bits per heavy atom. The molecule has 1 rings (SSSR count). The Morgan fingerprint density at radius 3 is 2.35 bits per heavy atom. The fraction of sp³-hybridized carbons (Fsp3) is 0.550. The molecule has 0 bridgehead atoms. The molecule has 0 saturated carbocycles. The van der Waals surface area contributed by atoms with Gasteiger partial charge in [-0.3, -0.25) is 9.59 Å². The average molecular weight is 382 g/mol. The van der Waals surface area contributed by atoms with Crippen LogP contribution in [0.2, 0.25) is 5.02 Å². The zero-order chi connectivity index (χ0) is 20.1. The lowest BCUT2D eigenvalue weighted by molar-refractivity contribution is -0.120. The van der Waals surface area contributed by atoms with Crippen molar-refractivity contribution in [3.63, 3.8) is 0 Å². The Hall–Kier alpha value is -1.88. The van der Waals surface area contributed by atoms with Crippen LogP contribution in [0.1, 0.15) is 57.2 Å². The summed E-state index contributed by atoms with van der Waals surface area (Å²) >= 11 is 6.16. The number of halogens is 1. The summed E-state index contributed by atoms with van der Waals surface area (Å²) in [5, 5.41) is 3.18. The molecule has 144 valence electrons. The standard InChI is InChI=1S/C20H28ClNO4/c1-12-9-15(13(2)17(21)10-12)11-16(24)7-8-18(14(3)23)22-19(25)26-20(4,5)6/h9-10,18H,7-8,11H2,1-6H3,(H,22,25)/t18-/m0/s1. The first-order valence-electron chi connectivity index (χ1n) is 8.66. The number of amides is 1. The molecule has 1 aromatic carbocycles. The lowest BCUT2D eigenvalue weighted by Crippen LogP contribution is -2.43. The van der Waals surface area contributed by atoms with Gasteiger partial charge in [0.25, 0.3) is 0 Å². The summed E-state index contributed by atoms with van der Waals surface area (Å²) in [5.74, 6) is -0.217. The number of ether oxygens (including phenoxy) is 1. The monoisotopic (exact) mass is 381 g/mol. The average Bonchev–Trinajstić information content (AvgIpc) is 2.46. The second-order valence-corrected chi connectivity index (χ2v) is 8.00. The van der Waals surface area contributed by atoms with Crippen LogP contribution in [0, 0.1) is 13.8 Å². The summed E-state index contributed by atoms with van der Waals surface area (Å²) in [5.41, 5.74) is 2.13. The number of hydrogen-bond acceptors (Lipinski definition) is 4. The number of ketones is 2. The minimum atomic E-state index is -0.740. The molecule has 1 amide bonds. The van der Waals surface area contributed by atoms with Gasteiger partial charge in [0, 0.05) is 17.9 Å². The van der Waals surface area contributed by atoms with E-state index >= 15 is 0 Å². The van der Waals surface area contributed by atoms with Gasteiger partial charge in [-0.25, -0.2) is 4.79 Å². The molecular formula is C20H28ClNO4. The molecule has 1 atom stereocenters. The molecule has 1 aromatic rings.